The van der Waals surface area contributed by atoms with E-state index in [1.165, 1.54) is 14.2 Å². The second-order valence-electron chi connectivity index (χ2n) is 4.39. The third-order valence-electron chi connectivity index (χ3n) is 3.47. The number of thiol groups is 1. The maximum atomic E-state index is 11.8. The number of hydrogen-bond acceptors (Lipinski definition) is 5. The minimum absolute atomic E-state index is 0.251. The van der Waals surface area contributed by atoms with Crippen LogP contribution in [0.15, 0.2) is 0 Å². The summed E-state index contributed by atoms with van der Waals surface area (Å²) in [6.45, 7) is 2.02. The first-order valence-electron chi connectivity index (χ1n) is 5.29. The Hall–Kier alpha value is -0.710. The average molecular weight is 246 g/mol. The van der Waals surface area contributed by atoms with Crippen molar-refractivity contribution >= 4 is 24.6 Å². The highest BCUT2D eigenvalue weighted by Crippen LogP contribution is 2.47. The van der Waals surface area contributed by atoms with Gasteiger partial charge in [-0.25, -0.2) is 0 Å². The van der Waals surface area contributed by atoms with Crippen molar-refractivity contribution in [1.29, 1.82) is 0 Å². The van der Waals surface area contributed by atoms with E-state index in [0.29, 0.717) is 18.6 Å². The van der Waals surface area contributed by atoms with E-state index in [9.17, 15) is 9.59 Å². The van der Waals surface area contributed by atoms with Gasteiger partial charge in [0.05, 0.1) is 14.2 Å². The smallest absolute Gasteiger partial charge is 0.323 e. The van der Waals surface area contributed by atoms with Gasteiger partial charge in [0.25, 0.3) is 0 Å². The SMILES string of the molecule is COC(=O)C1(C(=O)OC)C[C@H](CS)[C@H](C)C1. The number of esters is 2. The molecule has 0 radical (unpaired) electrons. The van der Waals surface area contributed by atoms with Gasteiger partial charge in [-0.05, 0) is 30.4 Å². The minimum Gasteiger partial charge on any atom is -0.468 e. The van der Waals surface area contributed by atoms with Crippen molar-refractivity contribution in [3.8, 4) is 0 Å². The Kier molecular flexibility index (Phi) is 4.24. The summed E-state index contributed by atoms with van der Waals surface area (Å²) in [5, 5.41) is 0. The van der Waals surface area contributed by atoms with Crippen molar-refractivity contribution in [3.05, 3.63) is 0 Å². The van der Waals surface area contributed by atoms with Crippen molar-refractivity contribution in [1.82, 2.24) is 0 Å². The second-order valence-corrected chi connectivity index (χ2v) is 4.76. The standard InChI is InChI=1S/C11H18O4S/c1-7-4-11(9(12)14-2,10(13)15-3)5-8(7)6-16/h7-8,16H,4-6H2,1-3H3/t7-,8-/m1/s1. The fraction of sp³-hybridized carbons (Fsp3) is 0.818. The number of carbonyl (C=O) groups is 2. The highest BCUT2D eigenvalue weighted by Gasteiger charge is 2.55. The number of rotatable bonds is 3. The lowest BCUT2D eigenvalue weighted by Gasteiger charge is -2.23. The van der Waals surface area contributed by atoms with Gasteiger partial charge in [0, 0.05) is 0 Å². The summed E-state index contributed by atoms with van der Waals surface area (Å²) in [6, 6.07) is 0. The molecule has 0 spiro atoms. The maximum absolute atomic E-state index is 11.8. The molecule has 0 aromatic rings. The summed E-state index contributed by atoms with van der Waals surface area (Å²) in [4.78, 5) is 23.6. The zero-order valence-electron chi connectivity index (χ0n) is 9.86. The Balaban J connectivity index is 2.99. The molecular formula is C11H18O4S. The van der Waals surface area contributed by atoms with Crippen LogP contribution in [0.5, 0.6) is 0 Å². The van der Waals surface area contributed by atoms with Gasteiger partial charge >= 0.3 is 11.9 Å². The van der Waals surface area contributed by atoms with Crippen LogP contribution in [-0.4, -0.2) is 31.9 Å². The zero-order valence-corrected chi connectivity index (χ0v) is 10.8. The lowest BCUT2D eigenvalue weighted by Crippen LogP contribution is -2.39. The van der Waals surface area contributed by atoms with E-state index in [1.54, 1.807) is 0 Å². The summed E-state index contributed by atoms with van der Waals surface area (Å²) in [5.74, 6) is 0.208. The average Bonchev–Trinajstić information content (AvgIpc) is 2.65. The van der Waals surface area contributed by atoms with Crippen LogP contribution < -0.4 is 0 Å². The van der Waals surface area contributed by atoms with Gasteiger partial charge in [0.2, 0.25) is 0 Å². The van der Waals surface area contributed by atoms with Gasteiger partial charge in [-0.1, -0.05) is 6.92 Å². The molecule has 0 unspecified atom stereocenters. The molecular weight excluding hydrogens is 228 g/mol. The molecule has 0 amide bonds. The summed E-state index contributed by atoms with van der Waals surface area (Å²) in [5.41, 5.74) is -1.11. The Labute approximate surface area is 101 Å². The van der Waals surface area contributed by atoms with Gasteiger partial charge in [-0.3, -0.25) is 9.59 Å². The first kappa shape index (κ1) is 13.4. The summed E-state index contributed by atoms with van der Waals surface area (Å²) < 4.78 is 9.47. The van der Waals surface area contributed by atoms with Crippen LogP contribution in [0.3, 0.4) is 0 Å². The Bertz CT molecular complexity index is 274. The topological polar surface area (TPSA) is 52.6 Å². The Morgan fingerprint density at radius 2 is 1.75 bits per heavy atom. The number of ether oxygens (including phenoxy) is 2. The molecule has 0 saturated heterocycles. The Morgan fingerprint density at radius 3 is 2.06 bits per heavy atom. The first-order valence-corrected chi connectivity index (χ1v) is 5.92. The summed E-state index contributed by atoms with van der Waals surface area (Å²) in [7, 11) is 2.59. The van der Waals surface area contributed by atoms with Crippen LogP contribution in [0.4, 0.5) is 0 Å². The Morgan fingerprint density at radius 1 is 1.25 bits per heavy atom. The fourth-order valence-electron chi connectivity index (χ4n) is 2.50. The molecule has 1 aliphatic carbocycles. The maximum Gasteiger partial charge on any atom is 0.323 e. The third kappa shape index (κ3) is 2.05. The van der Waals surface area contributed by atoms with Crippen LogP contribution in [0, 0.1) is 17.3 Å². The molecule has 0 aromatic carbocycles. The first-order chi connectivity index (χ1) is 7.51. The molecule has 4 nitrogen and oxygen atoms in total. The summed E-state index contributed by atoms with van der Waals surface area (Å²) in [6.07, 6.45) is 0.953. The van der Waals surface area contributed by atoms with Crippen molar-refractivity contribution in [2.24, 2.45) is 17.3 Å². The number of methoxy groups -OCH3 is 2. The van der Waals surface area contributed by atoms with Crippen LogP contribution in [0.2, 0.25) is 0 Å². The normalized spacial score (nSPS) is 27.5. The van der Waals surface area contributed by atoms with E-state index in [0.717, 1.165) is 0 Å². The molecule has 0 aliphatic heterocycles. The van der Waals surface area contributed by atoms with Gasteiger partial charge in [-0.2, -0.15) is 12.6 Å². The quantitative estimate of drug-likeness (QED) is 0.463. The van der Waals surface area contributed by atoms with E-state index < -0.39 is 17.4 Å². The van der Waals surface area contributed by atoms with Gasteiger partial charge < -0.3 is 9.47 Å². The van der Waals surface area contributed by atoms with Crippen molar-refractivity contribution in [2.75, 3.05) is 20.0 Å². The lowest BCUT2D eigenvalue weighted by atomic mass is 9.85. The molecule has 0 bridgehead atoms. The van der Waals surface area contributed by atoms with Crippen molar-refractivity contribution in [3.63, 3.8) is 0 Å². The number of carbonyl (C=O) groups excluding carboxylic acids is 2. The molecule has 1 saturated carbocycles. The molecule has 0 heterocycles. The molecule has 1 rings (SSSR count). The monoisotopic (exact) mass is 246 g/mol. The largest absolute Gasteiger partial charge is 0.468 e. The van der Waals surface area contributed by atoms with Gasteiger partial charge in [-0.15, -0.1) is 0 Å². The predicted octanol–water partition coefficient (Wildman–Crippen LogP) is 1.29. The minimum atomic E-state index is -1.11. The second kappa shape index (κ2) is 5.08. The third-order valence-corrected chi connectivity index (χ3v) is 3.94. The molecule has 5 heteroatoms. The van der Waals surface area contributed by atoms with E-state index in [2.05, 4.69) is 12.6 Å². The molecule has 92 valence electrons. The fourth-order valence-corrected chi connectivity index (χ4v) is 2.99. The van der Waals surface area contributed by atoms with E-state index in [-0.39, 0.29) is 11.8 Å². The zero-order chi connectivity index (χ0) is 12.3. The molecule has 2 atom stereocenters. The van der Waals surface area contributed by atoms with Crippen LogP contribution in [0.1, 0.15) is 19.8 Å². The predicted molar refractivity (Wildman–Crippen MR) is 62.2 cm³/mol. The molecule has 1 aliphatic rings. The molecule has 1 fully saturated rings. The lowest BCUT2D eigenvalue weighted by molar-refractivity contribution is -0.169. The van der Waals surface area contributed by atoms with Crippen LogP contribution in [-0.2, 0) is 19.1 Å². The summed E-state index contributed by atoms with van der Waals surface area (Å²) >= 11 is 4.24. The van der Waals surface area contributed by atoms with E-state index in [1.807, 2.05) is 6.92 Å². The van der Waals surface area contributed by atoms with E-state index >= 15 is 0 Å². The molecule has 0 N–H and O–H groups in total. The highest BCUT2D eigenvalue weighted by molar-refractivity contribution is 7.80. The molecule has 0 aromatic heterocycles. The van der Waals surface area contributed by atoms with Crippen LogP contribution in [0.25, 0.3) is 0 Å². The highest BCUT2D eigenvalue weighted by atomic mass is 32.1. The van der Waals surface area contributed by atoms with Crippen LogP contribution >= 0.6 is 12.6 Å². The molecule has 16 heavy (non-hydrogen) atoms. The van der Waals surface area contributed by atoms with Crippen molar-refractivity contribution < 1.29 is 19.1 Å². The van der Waals surface area contributed by atoms with Gasteiger partial charge in [0.1, 0.15) is 0 Å². The van der Waals surface area contributed by atoms with Gasteiger partial charge in [0.15, 0.2) is 5.41 Å². The number of hydrogen-bond donors (Lipinski definition) is 1. The van der Waals surface area contributed by atoms with E-state index in [4.69, 9.17) is 9.47 Å². The van der Waals surface area contributed by atoms with Crippen molar-refractivity contribution in [2.45, 2.75) is 19.8 Å².